The number of amides is 1. The first kappa shape index (κ1) is 14.6. The SMILES string of the molecule is COCC(=O)N1CCc2onc(-c3ccc(F)c(F)c3)c2C1. The summed E-state index contributed by atoms with van der Waals surface area (Å²) < 4.78 is 36.6. The predicted octanol–water partition coefficient (Wildman–Crippen LogP) is 2.15. The van der Waals surface area contributed by atoms with Crippen molar-refractivity contribution in [1.82, 2.24) is 10.1 Å². The largest absolute Gasteiger partial charge is 0.375 e. The van der Waals surface area contributed by atoms with E-state index >= 15 is 0 Å². The zero-order chi connectivity index (χ0) is 15.7. The smallest absolute Gasteiger partial charge is 0.248 e. The van der Waals surface area contributed by atoms with Crippen LogP contribution in [0.1, 0.15) is 11.3 Å². The van der Waals surface area contributed by atoms with Crippen molar-refractivity contribution < 1.29 is 22.8 Å². The normalized spacial score (nSPS) is 14.0. The van der Waals surface area contributed by atoms with Crippen molar-refractivity contribution in [3.8, 4) is 11.3 Å². The molecule has 5 nitrogen and oxygen atoms in total. The standard InChI is InChI=1S/C15H14F2N2O3/c1-21-8-14(20)19-5-4-13-10(7-19)15(18-22-13)9-2-3-11(16)12(17)6-9/h2-3,6H,4-5,7-8H2,1H3. The Morgan fingerprint density at radius 3 is 2.95 bits per heavy atom. The van der Waals surface area contributed by atoms with E-state index in [9.17, 15) is 13.6 Å². The molecule has 2 heterocycles. The van der Waals surface area contributed by atoms with Gasteiger partial charge in [0.15, 0.2) is 11.6 Å². The molecule has 0 spiro atoms. The van der Waals surface area contributed by atoms with E-state index in [1.807, 2.05) is 0 Å². The number of carbonyl (C=O) groups is 1. The van der Waals surface area contributed by atoms with E-state index in [0.29, 0.717) is 36.5 Å². The molecule has 0 aliphatic carbocycles. The van der Waals surface area contributed by atoms with Crippen LogP contribution in [0.4, 0.5) is 8.78 Å². The molecular formula is C15H14F2N2O3. The van der Waals surface area contributed by atoms with E-state index in [1.54, 1.807) is 4.90 Å². The van der Waals surface area contributed by atoms with Gasteiger partial charge in [0.25, 0.3) is 0 Å². The number of ether oxygens (including phenoxy) is 1. The minimum atomic E-state index is -0.947. The number of benzene rings is 1. The second-order valence-electron chi connectivity index (χ2n) is 5.06. The molecular weight excluding hydrogens is 294 g/mol. The number of nitrogens with zero attached hydrogens (tertiary/aromatic N) is 2. The molecule has 0 saturated heterocycles. The predicted molar refractivity (Wildman–Crippen MR) is 72.9 cm³/mol. The minimum Gasteiger partial charge on any atom is -0.375 e. The highest BCUT2D eigenvalue weighted by Gasteiger charge is 2.27. The summed E-state index contributed by atoms with van der Waals surface area (Å²) in [5.74, 6) is -1.33. The minimum absolute atomic E-state index is 0.00111. The van der Waals surface area contributed by atoms with Gasteiger partial charge in [0, 0.05) is 31.2 Å². The summed E-state index contributed by atoms with van der Waals surface area (Å²) in [4.78, 5) is 13.5. The average Bonchev–Trinajstić information content (AvgIpc) is 2.93. The summed E-state index contributed by atoms with van der Waals surface area (Å²) in [5.41, 5.74) is 1.58. The van der Waals surface area contributed by atoms with Gasteiger partial charge in [-0.25, -0.2) is 8.78 Å². The molecule has 1 aliphatic rings. The fraction of sp³-hybridized carbons (Fsp3) is 0.333. The van der Waals surface area contributed by atoms with E-state index in [1.165, 1.54) is 13.2 Å². The van der Waals surface area contributed by atoms with Crippen LogP contribution in [0.15, 0.2) is 22.7 Å². The molecule has 22 heavy (non-hydrogen) atoms. The third-order valence-corrected chi connectivity index (χ3v) is 3.64. The molecule has 1 amide bonds. The highest BCUT2D eigenvalue weighted by atomic mass is 19.2. The summed E-state index contributed by atoms with van der Waals surface area (Å²) in [6, 6.07) is 3.55. The van der Waals surface area contributed by atoms with Crippen LogP contribution < -0.4 is 0 Å². The van der Waals surface area contributed by atoms with Crippen LogP contribution in [0.25, 0.3) is 11.3 Å². The summed E-state index contributed by atoms with van der Waals surface area (Å²) in [6.45, 7) is 0.831. The van der Waals surface area contributed by atoms with Crippen LogP contribution in [0.3, 0.4) is 0 Å². The molecule has 0 radical (unpaired) electrons. The van der Waals surface area contributed by atoms with Gasteiger partial charge in [0.2, 0.25) is 5.91 Å². The Morgan fingerprint density at radius 2 is 2.23 bits per heavy atom. The third kappa shape index (κ3) is 2.59. The topological polar surface area (TPSA) is 55.6 Å². The molecule has 0 bridgehead atoms. The molecule has 0 N–H and O–H groups in total. The lowest BCUT2D eigenvalue weighted by Gasteiger charge is -2.26. The van der Waals surface area contributed by atoms with E-state index < -0.39 is 11.6 Å². The number of methoxy groups -OCH3 is 1. The molecule has 0 unspecified atom stereocenters. The Kier molecular flexibility index (Phi) is 3.89. The van der Waals surface area contributed by atoms with Crippen molar-refractivity contribution in [3.63, 3.8) is 0 Å². The van der Waals surface area contributed by atoms with Gasteiger partial charge < -0.3 is 14.2 Å². The Morgan fingerprint density at radius 1 is 1.41 bits per heavy atom. The van der Waals surface area contributed by atoms with E-state index in [4.69, 9.17) is 9.26 Å². The van der Waals surface area contributed by atoms with Gasteiger partial charge in [-0.15, -0.1) is 0 Å². The maximum atomic E-state index is 13.4. The first-order valence-electron chi connectivity index (χ1n) is 6.79. The molecule has 3 rings (SSSR count). The van der Waals surface area contributed by atoms with Crippen molar-refractivity contribution >= 4 is 5.91 Å². The average molecular weight is 308 g/mol. The second kappa shape index (κ2) is 5.84. The second-order valence-corrected chi connectivity index (χ2v) is 5.06. The van der Waals surface area contributed by atoms with Gasteiger partial charge >= 0.3 is 0 Å². The van der Waals surface area contributed by atoms with Crippen LogP contribution in [0.5, 0.6) is 0 Å². The van der Waals surface area contributed by atoms with Crippen LogP contribution in [-0.4, -0.2) is 36.2 Å². The molecule has 0 atom stereocenters. The molecule has 7 heteroatoms. The summed E-state index contributed by atoms with van der Waals surface area (Å²) >= 11 is 0. The molecule has 116 valence electrons. The van der Waals surface area contributed by atoms with E-state index in [-0.39, 0.29) is 12.5 Å². The van der Waals surface area contributed by atoms with Crippen molar-refractivity contribution in [3.05, 3.63) is 41.2 Å². The van der Waals surface area contributed by atoms with Gasteiger partial charge in [-0.1, -0.05) is 5.16 Å². The molecule has 2 aromatic rings. The maximum Gasteiger partial charge on any atom is 0.248 e. The number of rotatable bonds is 3. The Labute approximate surface area is 125 Å². The fourth-order valence-electron chi connectivity index (χ4n) is 2.51. The monoisotopic (exact) mass is 308 g/mol. The fourth-order valence-corrected chi connectivity index (χ4v) is 2.51. The van der Waals surface area contributed by atoms with Crippen LogP contribution in [0, 0.1) is 11.6 Å². The maximum absolute atomic E-state index is 13.4. The number of fused-ring (bicyclic) bond motifs is 1. The highest BCUT2D eigenvalue weighted by Crippen LogP contribution is 2.30. The van der Waals surface area contributed by atoms with Crippen LogP contribution in [-0.2, 0) is 22.5 Å². The lowest BCUT2D eigenvalue weighted by molar-refractivity contribution is -0.136. The lowest BCUT2D eigenvalue weighted by atomic mass is 10.0. The first-order valence-corrected chi connectivity index (χ1v) is 6.79. The Balaban J connectivity index is 1.92. The van der Waals surface area contributed by atoms with Crippen LogP contribution >= 0.6 is 0 Å². The van der Waals surface area contributed by atoms with Gasteiger partial charge in [-0.2, -0.15) is 0 Å². The lowest BCUT2D eigenvalue weighted by Crippen LogP contribution is -2.37. The first-order chi connectivity index (χ1) is 10.6. The van der Waals surface area contributed by atoms with Crippen molar-refractivity contribution in [2.24, 2.45) is 0 Å². The highest BCUT2D eigenvalue weighted by molar-refractivity contribution is 5.78. The number of hydrogen-bond acceptors (Lipinski definition) is 4. The summed E-state index contributed by atoms with van der Waals surface area (Å²) in [5, 5.41) is 3.95. The summed E-state index contributed by atoms with van der Waals surface area (Å²) in [7, 11) is 1.46. The summed E-state index contributed by atoms with van der Waals surface area (Å²) in [6.07, 6.45) is 0.529. The Hall–Kier alpha value is -2.28. The zero-order valence-corrected chi connectivity index (χ0v) is 11.9. The molecule has 1 aromatic carbocycles. The van der Waals surface area contributed by atoms with Crippen molar-refractivity contribution in [1.29, 1.82) is 0 Å². The number of aromatic nitrogens is 1. The molecule has 0 saturated carbocycles. The van der Waals surface area contributed by atoms with Crippen molar-refractivity contribution in [2.45, 2.75) is 13.0 Å². The number of hydrogen-bond donors (Lipinski definition) is 0. The molecule has 1 aliphatic heterocycles. The molecule has 0 fully saturated rings. The Bertz CT molecular complexity index is 715. The quantitative estimate of drug-likeness (QED) is 0.872. The van der Waals surface area contributed by atoms with Gasteiger partial charge in [-0.05, 0) is 18.2 Å². The van der Waals surface area contributed by atoms with Gasteiger partial charge in [-0.3, -0.25) is 4.79 Å². The van der Waals surface area contributed by atoms with E-state index in [0.717, 1.165) is 17.7 Å². The number of carbonyl (C=O) groups excluding carboxylic acids is 1. The van der Waals surface area contributed by atoms with E-state index in [2.05, 4.69) is 5.16 Å². The number of halogens is 2. The van der Waals surface area contributed by atoms with Crippen molar-refractivity contribution in [2.75, 3.05) is 20.3 Å². The third-order valence-electron chi connectivity index (χ3n) is 3.64. The van der Waals surface area contributed by atoms with Crippen LogP contribution in [0.2, 0.25) is 0 Å². The van der Waals surface area contributed by atoms with Gasteiger partial charge in [0.05, 0.1) is 6.54 Å². The molecule has 1 aromatic heterocycles. The zero-order valence-electron chi connectivity index (χ0n) is 11.9. The van der Waals surface area contributed by atoms with Gasteiger partial charge in [0.1, 0.15) is 18.1 Å².